The summed E-state index contributed by atoms with van der Waals surface area (Å²) in [6.45, 7) is 1.71. The Hall–Kier alpha value is -1.49. The van der Waals surface area contributed by atoms with E-state index >= 15 is 0 Å². The zero-order valence-electron chi connectivity index (χ0n) is 12.7. The maximum atomic E-state index is 12.6. The molecule has 3 rings (SSSR count). The van der Waals surface area contributed by atoms with E-state index in [1.165, 1.54) is 5.56 Å². The molecule has 0 aliphatic carbocycles. The highest BCUT2D eigenvalue weighted by atomic mass is 32.2. The largest absolute Gasteiger partial charge is 0.341 e. The second-order valence-electron chi connectivity index (χ2n) is 5.90. The van der Waals surface area contributed by atoms with Gasteiger partial charge < -0.3 is 9.80 Å². The standard InChI is InChI=1S/C17H22N2O2S/c20-16(9-8-14-6-2-1-3-7-14)19-13-22-12-15(19)17(21)18-10-4-5-11-18/h1-3,6-7,15H,4-5,8-13H2/t15-/m0/s1. The van der Waals surface area contributed by atoms with Crippen molar-refractivity contribution in [2.75, 3.05) is 24.7 Å². The first kappa shape index (κ1) is 15.4. The van der Waals surface area contributed by atoms with Crippen molar-refractivity contribution in [2.45, 2.75) is 31.7 Å². The number of benzene rings is 1. The lowest BCUT2D eigenvalue weighted by Crippen LogP contribution is -2.48. The van der Waals surface area contributed by atoms with Gasteiger partial charge >= 0.3 is 0 Å². The summed E-state index contributed by atoms with van der Waals surface area (Å²) in [6.07, 6.45) is 3.40. The predicted octanol–water partition coefficient (Wildman–Crippen LogP) is 2.14. The van der Waals surface area contributed by atoms with Crippen molar-refractivity contribution < 1.29 is 9.59 Å². The number of hydrogen-bond acceptors (Lipinski definition) is 3. The molecule has 4 nitrogen and oxygen atoms in total. The number of likely N-dealkylation sites (tertiary alicyclic amines) is 1. The van der Waals surface area contributed by atoms with E-state index in [1.54, 1.807) is 16.7 Å². The van der Waals surface area contributed by atoms with Gasteiger partial charge in [0.15, 0.2) is 0 Å². The number of thioether (sulfide) groups is 1. The minimum absolute atomic E-state index is 0.103. The van der Waals surface area contributed by atoms with Gasteiger partial charge in [0, 0.05) is 25.3 Å². The van der Waals surface area contributed by atoms with Gasteiger partial charge in [-0.1, -0.05) is 30.3 Å². The third kappa shape index (κ3) is 3.46. The molecular weight excluding hydrogens is 296 g/mol. The van der Waals surface area contributed by atoms with Crippen LogP contribution in [0.15, 0.2) is 30.3 Å². The Balaban J connectivity index is 1.57. The van der Waals surface area contributed by atoms with Crippen LogP contribution >= 0.6 is 11.8 Å². The van der Waals surface area contributed by atoms with Crippen LogP contribution in [0.2, 0.25) is 0 Å². The molecule has 0 N–H and O–H groups in total. The predicted molar refractivity (Wildman–Crippen MR) is 88.5 cm³/mol. The van der Waals surface area contributed by atoms with Crippen LogP contribution in [0.25, 0.3) is 0 Å². The highest BCUT2D eigenvalue weighted by Crippen LogP contribution is 2.25. The number of rotatable bonds is 4. The second kappa shape index (κ2) is 7.18. The van der Waals surface area contributed by atoms with E-state index in [4.69, 9.17) is 0 Å². The number of carbonyl (C=O) groups is 2. The molecule has 2 amide bonds. The van der Waals surface area contributed by atoms with Gasteiger partial charge in [-0.25, -0.2) is 0 Å². The number of hydrogen-bond donors (Lipinski definition) is 0. The topological polar surface area (TPSA) is 40.6 Å². The normalized spacial score (nSPS) is 21.4. The summed E-state index contributed by atoms with van der Waals surface area (Å²) < 4.78 is 0. The Labute approximate surface area is 135 Å². The zero-order valence-corrected chi connectivity index (χ0v) is 13.6. The van der Waals surface area contributed by atoms with Crippen molar-refractivity contribution in [3.8, 4) is 0 Å². The van der Waals surface area contributed by atoms with Gasteiger partial charge in [-0.15, -0.1) is 11.8 Å². The first-order valence-corrected chi connectivity index (χ1v) is 9.11. The van der Waals surface area contributed by atoms with Crippen LogP contribution in [0.3, 0.4) is 0 Å². The van der Waals surface area contributed by atoms with E-state index in [0.717, 1.165) is 38.1 Å². The Kier molecular flexibility index (Phi) is 5.03. The third-order valence-electron chi connectivity index (χ3n) is 4.38. The van der Waals surface area contributed by atoms with Gasteiger partial charge in [0.1, 0.15) is 6.04 Å². The molecule has 0 unspecified atom stereocenters. The molecule has 22 heavy (non-hydrogen) atoms. The van der Waals surface area contributed by atoms with Crippen molar-refractivity contribution in [3.05, 3.63) is 35.9 Å². The first-order valence-electron chi connectivity index (χ1n) is 7.95. The Morgan fingerprint density at radius 1 is 1.14 bits per heavy atom. The average Bonchev–Trinajstić information content (AvgIpc) is 3.24. The molecule has 118 valence electrons. The highest BCUT2D eigenvalue weighted by molar-refractivity contribution is 7.99. The summed E-state index contributed by atoms with van der Waals surface area (Å²) in [5.41, 5.74) is 1.17. The smallest absolute Gasteiger partial charge is 0.246 e. The molecule has 5 heteroatoms. The second-order valence-corrected chi connectivity index (χ2v) is 6.90. The van der Waals surface area contributed by atoms with E-state index in [0.29, 0.717) is 12.3 Å². The van der Waals surface area contributed by atoms with E-state index in [1.807, 2.05) is 35.2 Å². The van der Waals surface area contributed by atoms with Crippen molar-refractivity contribution in [2.24, 2.45) is 0 Å². The fraction of sp³-hybridized carbons (Fsp3) is 0.529. The van der Waals surface area contributed by atoms with Crippen LogP contribution in [-0.2, 0) is 16.0 Å². The molecule has 0 saturated carbocycles. The maximum absolute atomic E-state index is 12.6. The molecule has 1 aromatic carbocycles. The number of amides is 2. The summed E-state index contributed by atoms with van der Waals surface area (Å²) in [5.74, 6) is 1.64. The third-order valence-corrected chi connectivity index (χ3v) is 5.39. The Morgan fingerprint density at radius 2 is 1.86 bits per heavy atom. The Morgan fingerprint density at radius 3 is 2.59 bits per heavy atom. The van der Waals surface area contributed by atoms with Crippen LogP contribution in [0, 0.1) is 0 Å². The maximum Gasteiger partial charge on any atom is 0.246 e. The fourth-order valence-corrected chi connectivity index (χ4v) is 4.25. The van der Waals surface area contributed by atoms with Gasteiger partial charge in [0.05, 0.1) is 5.88 Å². The number of aryl methyl sites for hydroxylation is 1. The summed E-state index contributed by atoms with van der Waals surface area (Å²) in [4.78, 5) is 28.8. The molecule has 1 atom stereocenters. The van der Waals surface area contributed by atoms with E-state index in [9.17, 15) is 9.59 Å². The monoisotopic (exact) mass is 318 g/mol. The molecule has 2 fully saturated rings. The highest BCUT2D eigenvalue weighted by Gasteiger charge is 2.37. The lowest BCUT2D eigenvalue weighted by Gasteiger charge is -2.27. The molecule has 0 spiro atoms. The lowest BCUT2D eigenvalue weighted by atomic mass is 10.1. The quantitative estimate of drug-likeness (QED) is 0.854. The van der Waals surface area contributed by atoms with Crippen molar-refractivity contribution in [1.29, 1.82) is 0 Å². The molecule has 0 bridgehead atoms. The van der Waals surface area contributed by atoms with Crippen LogP contribution < -0.4 is 0 Å². The van der Waals surface area contributed by atoms with E-state index in [-0.39, 0.29) is 17.9 Å². The van der Waals surface area contributed by atoms with Crippen LogP contribution in [0.4, 0.5) is 0 Å². The van der Waals surface area contributed by atoms with Gasteiger partial charge in [-0.2, -0.15) is 0 Å². The van der Waals surface area contributed by atoms with Gasteiger partial charge in [-0.05, 0) is 24.8 Å². The summed E-state index contributed by atoms with van der Waals surface area (Å²) in [5, 5.41) is 0. The van der Waals surface area contributed by atoms with Gasteiger partial charge in [0.2, 0.25) is 11.8 Å². The van der Waals surface area contributed by atoms with Gasteiger partial charge in [0.25, 0.3) is 0 Å². The molecule has 2 heterocycles. The lowest BCUT2D eigenvalue weighted by molar-refractivity contribution is -0.142. The molecule has 2 saturated heterocycles. The Bertz CT molecular complexity index is 529. The average molecular weight is 318 g/mol. The molecule has 0 aromatic heterocycles. The molecular formula is C17H22N2O2S. The fourth-order valence-electron chi connectivity index (χ4n) is 3.08. The van der Waals surface area contributed by atoms with Crippen molar-refractivity contribution >= 4 is 23.6 Å². The first-order chi connectivity index (χ1) is 10.8. The zero-order chi connectivity index (χ0) is 15.4. The van der Waals surface area contributed by atoms with Crippen LogP contribution in [0.1, 0.15) is 24.8 Å². The summed E-state index contributed by atoms with van der Waals surface area (Å²) in [7, 11) is 0. The van der Waals surface area contributed by atoms with E-state index in [2.05, 4.69) is 0 Å². The minimum atomic E-state index is -0.244. The summed E-state index contributed by atoms with van der Waals surface area (Å²) >= 11 is 1.68. The number of nitrogens with zero attached hydrogens (tertiary/aromatic N) is 2. The molecule has 1 aromatic rings. The van der Waals surface area contributed by atoms with Gasteiger partial charge in [-0.3, -0.25) is 9.59 Å². The van der Waals surface area contributed by atoms with Crippen molar-refractivity contribution in [3.63, 3.8) is 0 Å². The molecule has 0 radical (unpaired) electrons. The summed E-state index contributed by atoms with van der Waals surface area (Å²) in [6, 6.07) is 9.80. The van der Waals surface area contributed by atoms with Crippen LogP contribution in [-0.4, -0.2) is 52.4 Å². The number of carbonyl (C=O) groups excluding carboxylic acids is 2. The molecule has 2 aliphatic heterocycles. The SMILES string of the molecule is O=C([C@@H]1CSCN1C(=O)CCc1ccccc1)N1CCCC1. The van der Waals surface area contributed by atoms with Crippen LogP contribution in [0.5, 0.6) is 0 Å². The van der Waals surface area contributed by atoms with Crippen molar-refractivity contribution in [1.82, 2.24) is 9.80 Å². The van der Waals surface area contributed by atoms with E-state index < -0.39 is 0 Å². The minimum Gasteiger partial charge on any atom is -0.341 e. The molecule has 2 aliphatic rings.